The molecule has 222 valence electrons. The summed E-state index contributed by atoms with van der Waals surface area (Å²) >= 11 is 0. The molecule has 7 rings (SSSR count). The van der Waals surface area contributed by atoms with Gasteiger partial charge in [-0.05, 0) is 64.3 Å². The van der Waals surface area contributed by atoms with E-state index in [4.69, 9.17) is 4.98 Å². The van der Waals surface area contributed by atoms with Crippen molar-refractivity contribution in [1.29, 1.82) is 0 Å². The molecule has 0 saturated heterocycles. The molecule has 44 heavy (non-hydrogen) atoms. The predicted octanol–water partition coefficient (Wildman–Crippen LogP) is 4.86. The topological polar surface area (TPSA) is 116 Å². The minimum Gasteiger partial charge on any atom is -0.318 e. The molecule has 1 N–H and O–H groups in total. The van der Waals surface area contributed by atoms with Crippen LogP contribution in [-0.2, 0) is 32.5 Å². The average Bonchev–Trinajstić information content (AvgIpc) is 3.57. The van der Waals surface area contributed by atoms with Gasteiger partial charge in [0.25, 0.3) is 5.56 Å². The summed E-state index contributed by atoms with van der Waals surface area (Å²) in [5.41, 5.74) is 5.64. The Morgan fingerprint density at radius 2 is 1.57 bits per heavy atom. The van der Waals surface area contributed by atoms with Gasteiger partial charge in [-0.15, -0.1) is 5.10 Å². The van der Waals surface area contributed by atoms with Crippen molar-refractivity contribution >= 4 is 11.2 Å². The molecule has 3 aromatic carbocycles. The summed E-state index contributed by atoms with van der Waals surface area (Å²) < 4.78 is 5.21. The fourth-order valence-corrected chi connectivity index (χ4v) is 5.91. The molecule has 0 bridgehead atoms. The van der Waals surface area contributed by atoms with Crippen LogP contribution in [0.25, 0.3) is 33.7 Å². The van der Waals surface area contributed by atoms with Gasteiger partial charge in [-0.1, -0.05) is 85.8 Å². The third-order valence-electron chi connectivity index (χ3n) is 8.40. The van der Waals surface area contributed by atoms with E-state index in [0.717, 1.165) is 52.9 Å². The molecule has 10 heteroatoms. The lowest BCUT2D eigenvalue weighted by Gasteiger charge is -2.14. The summed E-state index contributed by atoms with van der Waals surface area (Å²) in [5, 5.41) is 14.4. The highest BCUT2D eigenvalue weighted by Crippen LogP contribution is 2.31. The molecule has 3 aromatic heterocycles. The lowest BCUT2D eigenvalue weighted by atomic mass is 9.98. The number of aromatic amines is 1. The van der Waals surface area contributed by atoms with E-state index in [1.807, 2.05) is 47.0 Å². The minimum absolute atomic E-state index is 0.242. The molecule has 6 aromatic rings. The molecule has 0 atom stereocenters. The van der Waals surface area contributed by atoms with Gasteiger partial charge in [-0.2, -0.15) is 0 Å². The Balaban J connectivity index is 1.29. The highest BCUT2D eigenvalue weighted by atomic mass is 16.2. The SMILES string of the molecule is CCCc1nc2c(c(=O)n(CC3CC3)c(=O)n2CCc2ccccc2)n1Cc1ccc(-c2ccccc2-c2nnn[nH]2)cc1. The van der Waals surface area contributed by atoms with Gasteiger partial charge in [0.05, 0.1) is 0 Å². The van der Waals surface area contributed by atoms with Crippen LogP contribution in [0, 0.1) is 5.92 Å². The molecule has 10 nitrogen and oxygen atoms in total. The van der Waals surface area contributed by atoms with E-state index in [2.05, 4.69) is 63.9 Å². The Morgan fingerprint density at radius 1 is 0.818 bits per heavy atom. The van der Waals surface area contributed by atoms with Crippen molar-refractivity contribution in [3.05, 3.63) is 117 Å². The molecule has 1 aliphatic carbocycles. The zero-order chi connectivity index (χ0) is 30.0. The van der Waals surface area contributed by atoms with Gasteiger partial charge in [0.2, 0.25) is 0 Å². The number of tetrazole rings is 1. The van der Waals surface area contributed by atoms with Crippen LogP contribution in [0.3, 0.4) is 0 Å². The zero-order valence-corrected chi connectivity index (χ0v) is 24.7. The van der Waals surface area contributed by atoms with Crippen LogP contribution >= 0.6 is 0 Å². The second-order valence-electron chi connectivity index (χ2n) is 11.6. The van der Waals surface area contributed by atoms with Crippen molar-refractivity contribution in [2.24, 2.45) is 5.92 Å². The van der Waals surface area contributed by atoms with Gasteiger partial charge in [-0.3, -0.25) is 13.9 Å². The molecule has 0 unspecified atom stereocenters. The fourth-order valence-electron chi connectivity index (χ4n) is 5.91. The monoisotopic (exact) mass is 586 g/mol. The number of nitrogens with one attached hydrogen (secondary N) is 1. The van der Waals surface area contributed by atoms with E-state index < -0.39 is 0 Å². The van der Waals surface area contributed by atoms with Crippen LogP contribution in [0.1, 0.15) is 43.1 Å². The van der Waals surface area contributed by atoms with Gasteiger partial charge in [-0.25, -0.2) is 14.9 Å². The maximum atomic E-state index is 14.0. The summed E-state index contributed by atoms with van der Waals surface area (Å²) in [4.78, 5) is 32.8. The largest absolute Gasteiger partial charge is 0.332 e. The van der Waals surface area contributed by atoms with Crippen LogP contribution < -0.4 is 11.2 Å². The third kappa shape index (κ3) is 5.39. The standard InChI is InChI=1S/C34H34N8O2/c1-2-8-29-35-32-30(33(43)42(22-24-13-14-24)34(44)40(32)20-19-23-9-4-3-5-10-23)41(29)21-25-15-17-26(18-16-25)27-11-6-7-12-28(27)31-36-38-39-37-31/h3-7,9-12,15-18,24H,2,8,13-14,19-22H2,1H3,(H,36,37,38,39). The van der Waals surface area contributed by atoms with Crippen molar-refractivity contribution in [3.8, 4) is 22.5 Å². The van der Waals surface area contributed by atoms with Crippen LogP contribution in [0.5, 0.6) is 0 Å². The maximum absolute atomic E-state index is 14.0. The lowest BCUT2D eigenvalue weighted by Crippen LogP contribution is -2.41. The van der Waals surface area contributed by atoms with Crippen molar-refractivity contribution in [3.63, 3.8) is 0 Å². The third-order valence-corrected chi connectivity index (χ3v) is 8.40. The van der Waals surface area contributed by atoms with Crippen LogP contribution in [0.15, 0.2) is 88.5 Å². The van der Waals surface area contributed by atoms with Crippen LogP contribution in [0.4, 0.5) is 0 Å². The highest BCUT2D eigenvalue weighted by molar-refractivity contribution is 5.80. The van der Waals surface area contributed by atoms with Crippen molar-refractivity contribution in [2.45, 2.75) is 58.7 Å². The fraction of sp³-hybridized carbons (Fsp3) is 0.294. The summed E-state index contributed by atoms with van der Waals surface area (Å²) in [5.74, 6) is 1.82. The summed E-state index contributed by atoms with van der Waals surface area (Å²) in [7, 11) is 0. The summed E-state index contributed by atoms with van der Waals surface area (Å²) in [6.07, 6.45) is 4.37. The van der Waals surface area contributed by atoms with Gasteiger partial charge >= 0.3 is 5.69 Å². The number of aromatic nitrogens is 8. The Hall–Kier alpha value is -5.12. The van der Waals surface area contributed by atoms with E-state index >= 15 is 0 Å². The number of nitrogens with zero attached hydrogens (tertiary/aromatic N) is 7. The maximum Gasteiger partial charge on any atom is 0.332 e. The number of rotatable bonds is 11. The van der Waals surface area contributed by atoms with Gasteiger partial charge in [0.1, 0.15) is 5.82 Å². The molecule has 0 radical (unpaired) electrons. The van der Waals surface area contributed by atoms with E-state index in [9.17, 15) is 9.59 Å². The van der Waals surface area contributed by atoms with E-state index in [1.165, 1.54) is 4.57 Å². The first-order chi connectivity index (χ1) is 21.6. The van der Waals surface area contributed by atoms with E-state index in [-0.39, 0.29) is 11.2 Å². The Kier molecular flexibility index (Phi) is 7.47. The van der Waals surface area contributed by atoms with Gasteiger partial charge in [0.15, 0.2) is 17.0 Å². The second-order valence-corrected chi connectivity index (χ2v) is 11.6. The number of fused-ring (bicyclic) bond motifs is 1. The van der Waals surface area contributed by atoms with Crippen molar-refractivity contribution < 1.29 is 0 Å². The Bertz CT molecular complexity index is 2020. The molecule has 0 spiro atoms. The summed E-state index contributed by atoms with van der Waals surface area (Å²) in [6.45, 7) is 3.51. The molecule has 1 fully saturated rings. The molecule has 0 amide bonds. The molecule has 3 heterocycles. The van der Waals surface area contributed by atoms with Crippen LogP contribution in [0.2, 0.25) is 0 Å². The predicted molar refractivity (Wildman–Crippen MR) is 169 cm³/mol. The van der Waals surface area contributed by atoms with Gasteiger partial charge < -0.3 is 4.57 Å². The molecular formula is C34H34N8O2. The molecule has 1 aliphatic rings. The number of aryl methyl sites for hydroxylation is 3. The molecule has 0 aliphatic heterocycles. The Labute approximate surface area is 254 Å². The van der Waals surface area contributed by atoms with E-state index in [1.54, 1.807) is 4.57 Å². The number of benzene rings is 3. The zero-order valence-electron chi connectivity index (χ0n) is 24.7. The Morgan fingerprint density at radius 3 is 2.27 bits per heavy atom. The first-order valence-electron chi connectivity index (χ1n) is 15.3. The second kappa shape index (κ2) is 11.9. The van der Waals surface area contributed by atoms with Crippen molar-refractivity contribution in [2.75, 3.05) is 0 Å². The van der Waals surface area contributed by atoms with Crippen LogP contribution in [-0.4, -0.2) is 39.3 Å². The van der Waals surface area contributed by atoms with Gasteiger partial charge in [0, 0.05) is 31.6 Å². The first-order valence-corrected chi connectivity index (χ1v) is 15.3. The van der Waals surface area contributed by atoms with E-state index in [0.29, 0.717) is 55.4 Å². The lowest BCUT2D eigenvalue weighted by molar-refractivity contribution is 0.534. The molecule has 1 saturated carbocycles. The average molecular weight is 587 g/mol. The normalized spacial score (nSPS) is 13.1. The quantitative estimate of drug-likeness (QED) is 0.232. The highest BCUT2D eigenvalue weighted by Gasteiger charge is 2.27. The molecular weight excluding hydrogens is 552 g/mol. The number of H-pyrrole nitrogens is 1. The minimum atomic E-state index is -0.261. The number of imidazole rings is 1. The van der Waals surface area contributed by atoms with Crippen molar-refractivity contribution in [1.82, 2.24) is 39.3 Å². The summed E-state index contributed by atoms with van der Waals surface area (Å²) in [6, 6.07) is 26.5. The number of hydrogen-bond acceptors (Lipinski definition) is 6. The smallest absolute Gasteiger partial charge is 0.318 e. The number of hydrogen-bond donors (Lipinski definition) is 1. The first kappa shape index (κ1) is 27.7.